The molecule has 0 saturated heterocycles. The fourth-order valence-electron chi connectivity index (χ4n) is 12.4. The standard InChI is InChI=1S/C35H57NO6S/c1-8-9-43(39,40)36-16-24-10-21-12-27(24)31(18(21)2)32-23-14-28(29(15-23)34(38)42-35(5,6)7)33(32)30-19(3)26-13-22(30)11-25(26)17-41-20(4)37/h18-19,21-33,36H,8-17H2,1-7H3. The van der Waals surface area contributed by atoms with Gasteiger partial charge in [-0.15, -0.1) is 0 Å². The Morgan fingerprint density at radius 1 is 0.791 bits per heavy atom. The van der Waals surface area contributed by atoms with Gasteiger partial charge in [-0.2, -0.15) is 0 Å². The molecule has 1 N–H and O–H groups in total. The Labute approximate surface area is 260 Å². The largest absolute Gasteiger partial charge is 0.466 e. The van der Waals surface area contributed by atoms with E-state index in [2.05, 4.69) is 18.6 Å². The normalized spacial score (nSPS) is 46.5. The van der Waals surface area contributed by atoms with Gasteiger partial charge in [-0.1, -0.05) is 20.8 Å². The molecule has 43 heavy (non-hydrogen) atoms. The zero-order chi connectivity index (χ0) is 31.0. The van der Waals surface area contributed by atoms with Crippen molar-refractivity contribution < 1.29 is 27.5 Å². The zero-order valence-electron chi connectivity index (χ0n) is 27.6. The molecule has 6 fully saturated rings. The van der Waals surface area contributed by atoms with Crippen LogP contribution in [0.15, 0.2) is 0 Å². The molecule has 0 amide bonds. The summed E-state index contributed by atoms with van der Waals surface area (Å²) in [7, 11) is -3.21. The number of carbonyl (C=O) groups is 2. The van der Waals surface area contributed by atoms with E-state index in [1.165, 1.54) is 19.8 Å². The summed E-state index contributed by atoms with van der Waals surface area (Å²) in [6.45, 7) is 15.4. The van der Waals surface area contributed by atoms with Crippen LogP contribution in [-0.4, -0.2) is 44.9 Å². The van der Waals surface area contributed by atoms with Gasteiger partial charge in [-0.3, -0.25) is 9.59 Å². The lowest BCUT2D eigenvalue weighted by atomic mass is 9.55. The third kappa shape index (κ3) is 5.83. The molecule has 6 saturated carbocycles. The lowest BCUT2D eigenvalue weighted by molar-refractivity contribution is -0.165. The van der Waals surface area contributed by atoms with E-state index in [9.17, 15) is 18.0 Å². The van der Waals surface area contributed by atoms with Gasteiger partial charge in [0.25, 0.3) is 0 Å². The van der Waals surface area contributed by atoms with Crippen molar-refractivity contribution in [2.24, 2.45) is 88.8 Å². The molecule has 0 aliphatic heterocycles. The summed E-state index contributed by atoms with van der Waals surface area (Å²) in [5.41, 5.74) is -0.477. The minimum absolute atomic E-state index is 0.000748. The third-order valence-corrected chi connectivity index (χ3v) is 15.1. The van der Waals surface area contributed by atoms with E-state index in [0.717, 1.165) is 25.7 Å². The second-order valence-electron chi connectivity index (χ2n) is 16.8. The van der Waals surface area contributed by atoms with Crippen molar-refractivity contribution in [3.05, 3.63) is 0 Å². The Kier molecular flexibility index (Phi) is 8.57. The van der Waals surface area contributed by atoms with E-state index >= 15 is 0 Å². The number of sulfonamides is 1. The monoisotopic (exact) mass is 619 g/mol. The SMILES string of the molecule is CCCS(=O)(=O)NCC1CC2CC1C(C1C3CC(C(=O)OC(C)(C)C)C(C3)C1C1C3CC(COC(C)=O)C(C3)C1C)C2C. The second kappa shape index (κ2) is 11.6. The zero-order valence-corrected chi connectivity index (χ0v) is 28.4. The first kappa shape index (κ1) is 31.8. The molecule has 0 aromatic rings. The summed E-state index contributed by atoms with van der Waals surface area (Å²) >= 11 is 0. The van der Waals surface area contributed by atoms with E-state index in [1.54, 1.807) is 0 Å². The summed E-state index contributed by atoms with van der Waals surface area (Å²) < 4.78 is 39.6. The lowest BCUT2D eigenvalue weighted by Gasteiger charge is -2.50. The van der Waals surface area contributed by atoms with Gasteiger partial charge in [0, 0.05) is 13.5 Å². The molecule has 8 heteroatoms. The summed E-state index contributed by atoms with van der Waals surface area (Å²) in [5.74, 6) is 7.92. The Morgan fingerprint density at radius 2 is 1.44 bits per heavy atom. The van der Waals surface area contributed by atoms with Crippen LogP contribution >= 0.6 is 0 Å². The molecule has 0 heterocycles. The predicted octanol–water partition coefficient (Wildman–Crippen LogP) is 5.93. The number of hydrogen-bond acceptors (Lipinski definition) is 6. The molecular weight excluding hydrogens is 562 g/mol. The maximum absolute atomic E-state index is 13.6. The van der Waals surface area contributed by atoms with Crippen LogP contribution in [0.5, 0.6) is 0 Å². The average Bonchev–Trinajstić information content (AvgIpc) is 3.73. The maximum atomic E-state index is 13.6. The Balaban J connectivity index is 1.26. The van der Waals surface area contributed by atoms with Crippen molar-refractivity contribution in [1.29, 1.82) is 0 Å². The van der Waals surface area contributed by atoms with Crippen molar-refractivity contribution in [2.45, 2.75) is 99.0 Å². The highest BCUT2D eigenvalue weighted by molar-refractivity contribution is 7.89. The van der Waals surface area contributed by atoms with Crippen LogP contribution in [-0.2, 0) is 29.1 Å². The van der Waals surface area contributed by atoms with Gasteiger partial charge in [0.05, 0.1) is 18.3 Å². The quantitative estimate of drug-likeness (QED) is 0.305. The molecule has 0 spiro atoms. The second-order valence-corrected chi connectivity index (χ2v) is 18.8. The molecule has 0 radical (unpaired) electrons. The van der Waals surface area contributed by atoms with Crippen LogP contribution in [0.2, 0.25) is 0 Å². The number of hydrogen-bond donors (Lipinski definition) is 1. The van der Waals surface area contributed by atoms with Gasteiger partial charge in [0.15, 0.2) is 0 Å². The average molecular weight is 620 g/mol. The predicted molar refractivity (Wildman–Crippen MR) is 166 cm³/mol. The van der Waals surface area contributed by atoms with Gasteiger partial charge in [0.1, 0.15) is 5.60 Å². The fraction of sp³-hybridized carbons (Fsp3) is 0.943. The summed E-state index contributed by atoms with van der Waals surface area (Å²) in [6.07, 6.45) is 7.48. The van der Waals surface area contributed by atoms with Crippen molar-refractivity contribution in [2.75, 3.05) is 18.9 Å². The first-order chi connectivity index (χ1) is 20.2. The van der Waals surface area contributed by atoms with Gasteiger partial charge >= 0.3 is 11.9 Å². The number of nitrogens with one attached hydrogen (secondary N) is 1. The molecule has 0 aromatic carbocycles. The Bertz CT molecular complexity index is 1180. The molecule has 6 bridgehead atoms. The first-order valence-electron chi connectivity index (χ1n) is 17.5. The Hall–Kier alpha value is -1.15. The molecular formula is C35H57NO6S. The van der Waals surface area contributed by atoms with Crippen molar-refractivity contribution in [3.8, 4) is 0 Å². The number of carbonyl (C=O) groups excluding carboxylic acids is 2. The maximum Gasteiger partial charge on any atom is 0.309 e. The Morgan fingerprint density at radius 3 is 2.07 bits per heavy atom. The molecule has 0 aromatic heterocycles. The van der Waals surface area contributed by atoms with E-state index in [4.69, 9.17) is 9.47 Å². The molecule has 15 atom stereocenters. The smallest absolute Gasteiger partial charge is 0.309 e. The minimum atomic E-state index is -3.21. The third-order valence-electron chi connectivity index (χ3n) is 13.5. The first-order valence-corrected chi connectivity index (χ1v) is 19.2. The van der Waals surface area contributed by atoms with Crippen molar-refractivity contribution in [1.82, 2.24) is 4.72 Å². The van der Waals surface area contributed by atoms with Gasteiger partial charge < -0.3 is 9.47 Å². The molecule has 6 aliphatic rings. The van der Waals surface area contributed by atoms with Crippen molar-refractivity contribution in [3.63, 3.8) is 0 Å². The molecule has 7 nitrogen and oxygen atoms in total. The van der Waals surface area contributed by atoms with Crippen molar-refractivity contribution >= 4 is 22.0 Å². The highest BCUT2D eigenvalue weighted by Gasteiger charge is 2.67. The van der Waals surface area contributed by atoms with E-state index < -0.39 is 15.6 Å². The topological polar surface area (TPSA) is 98.8 Å². The highest BCUT2D eigenvalue weighted by Crippen LogP contribution is 2.71. The van der Waals surface area contributed by atoms with Crippen LogP contribution in [0, 0.1) is 88.8 Å². The number of ether oxygens (including phenoxy) is 2. The number of rotatable bonds is 10. The lowest BCUT2D eigenvalue weighted by Crippen LogP contribution is -2.48. The summed E-state index contributed by atoms with van der Waals surface area (Å²) in [4.78, 5) is 25.2. The van der Waals surface area contributed by atoms with Crippen LogP contribution in [0.1, 0.15) is 93.4 Å². The summed E-state index contributed by atoms with van der Waals surface area (Å²) in [6, 6.07) is 0. The molecule has 6 rings (SSSR count). The van der Waals surface area contributed by atoms with Crippen LogP contribution in [0.4, 0.5) is 0 Å². The van der Waals surface area contributed by atoms with E-state index in [-0.39, 0.29) is 23.6 Å². The van der Waals surface area contributed by atoms with Crippen LogP contribution < -0.4 is 4.72 Å². The van der Waals surface area contributed by atoms with E-state index in [1.807, 2.05) is 27.7 Å². The van der Waals surface area contributed by atoms with Crippen LogP contribution in [0.3, 0.4) is 0 Å². The van der Waals surface area contributed by atoms with Gasteiger partial charge in [-0.25, -0.2) is 13.1 Å². The number of esters is 2. The van der Waals surface area contributed by atoms with Gasteiger partial charge in [-0.05, 0) is 149 Å². The van der Waals surface area contributed by atoms with E-state index in [0.29, 0.717) is 102 Å². The molecule has 6 aliphatic carbocycles. The fourth-order valence-corrected chi connectivity index (χ4v) is 13.6. The number of fused-ring (bicyclic) bond motifs is 6. The van der Waals surface area contributed by atoms with Crippen LogP contribution in [0.25, 0.3) is 0 Å². The highest BCUT2D eigenvalue weighted by atomic mass is 32.2. The summed E-state index contributed by atoms with van der Waals surface area (Å²) in [5, 5.41) is 0. The molecule has 15 unspecified atom stereocenters. The van der Waals surface area contributed by atoms with Gasteiger partial charge in [0.2, 0.25) is 10.0 Å². The minimum Gasteiger partial charge on any atom is -0.466 e. The molecule has 244 valence electrons.